The molecular formula is C22H20BrN3O6. The molecule has 2 aliphatic heterocycles. The lowest BCUT2D eigenvalue weighted by Crippen LogP contribution is -2.71. The molecule has 2 fully saturated rings. The largest absolute Gasteiger partial charge is 0.484 e. The van der Waals surface area contributed by atoms with Gasteiger partial charge < -0.3 is 25.0 Å². The second-order valence-corrected chi connectivity index (χ2v) is 8.44. The van der Waals surface area contributed by atoms with Crippen molar-refractivity contribution < 1.29 is 29.0 Å². The number of ether oxygens (including phenoxy) is 1. The highest BCUT2D eigenvalue weighted by Gasteiger charge is 2.60. The maximum Gasteiger partial charge on any atom is 0.347 e. The van der Waals surface area contributed by atoms with E-state index >= 15 is 0 Å². The van der Waals surface area contributed by atoms with Crippen LogP contribution in [0.15, 0.2) is 59.1 Å². The first kappa shape index (κ1) is 21.8. The zero-order valence-corrected chi connectivity index (χ0v) is 18.4. The Morgan fingerprint density at radius 2 is 1.78 bits per heavy atom. The number of hydrogen-bond donors (Lipinski definition) is 2. The van der Waals surface area contributed by atoms with Gasteiger partial charge in [0.05, 0.1) is 12.5 Å². The van der Waals surface area contributed by atoms with Crippen LogP contribution in [0.25, 0.3) is 0 Å². The van der Waals surface area contributed by atoms with Crippen LogP contribution in [-0.2, 0) is 25.6 Å². The molecule has 0 bridgehead atoms. The predicted molar refractivity (Wildman–Crippen MR) is 115 cm³/mol. The monoisotopic (exact) mass is 501 g/mol. The predicted octanol–water partition coefficient (Wildman–Crippen LogP) is 1.02. The molecule has 2 aromatic rings. The van der Waals surface area contributed by atoms with E-state index in [9.17, 15) is 24.3 Å². The van der Waals surface area contributed by atoms with Crippen LogP contribution in [0.1, 0.15) is 5.56 Å². The van der Waals surface area contributed by atoms with Crippen LogP contribution in [0, 0.1) is 0 Å². The number of benzene rings is 2. The summed E-state index contributed by atoms with van der Waals surface area (Å²) in [5, 5.41) is 12.2. The molecule has 2 saturated heterocycles. The average molecular weight is 502 g/mol. The quantitative estimate of drug-likeness (QED) is 0.547. The topological polar surface area (TPSA) is 116 Å². The second-order valence-electron chi connectivity index (χ2n) is 7.52. The second kappa shape index (κ2) is 8.99. The third kappa shape index (κ3) is 4.31. The number of fused-ring (bicyclic) bond motifs is 1. The highest BCUT2D eigenvalue weighted by molar-refractivity contribution is 9.10. The van der Waals surface area contributed by atoms with E-state index in [1.807, 2.05) is 6.07 Å². The molecule has 0 radical (unpaired) electrons. The molecule has 2 aromatic carbocycles. The normalized spacial score (nSPS) is 21.5. The Kier molecular flexibility index (Phi) is 6.13. The number of nitrogens with zero attached hydrogens (tertiary/aromatic N) is 2. The molecule has 0 aliphatic carbocycles. The van der Waals surface area contributed by atoms with Crippen LogP contribution in [0.3, 0.4) is 0 Å². The SMILES string of the molecule is O=C(COc1ccccc1)N[C@@H]1C(=O)N2C1CN(C(=O)Cc1ccc(Br)cc1)C2C(=O)O. The van der Waals surface area contributed by atoms with Gasteiger partial charge >= 0.3 is 5.97 Å². The van der Waals surface area contributed by atoms with E-state index in [1.54, 1.807) is 48.5 Å². The number of nitrogens with one attached hydrogen (secondary N) is 1. The molecule has 0 aromatic heterocycles. The highest BCUT2D eigenvalue weighted by Crippen LogP contribution is 2.33. The molecule has 2 heterocycles. The molecular weight excluding hydrogens is 482 g/mol. The lowest BCUT2D eigenvalue weighted by molar-refractivity contribution is -0.166. The van der Waals surface area contributed by atoms with Crippen molar-refractivity contribution in [2.24, 2.45) is 0 Å². The van der Waals surface area contributed by atoms with Gasteiger partial charge in [-0.1, -0.05) is 46.3 Å². The molecule has 2 aliphatic rings. The summed E-state index contributed by atoms with van der Waals surface area (Å²) >= 11 is 3.33. The summed E-state index contributed by atoms with van der Waals surface area (Å²) in [6.07, 6.45) is -1.38. The summed E-state index contributed by atoms with van der Waals surface area (Å²) in [6.45, 7) is -0.252. The number of carbonyl (C=O) groups is 4. The van der Waals surface area contributed by atoms with Gasteiger partial charge in [-0.25, -0.2) is 4.79 Å². The van der Waals surface area contributed by atoms with E-state index in [0.717, 1.165) is 14.9 Å². The standard InChI is InChI=1S/C22H20BrN3O6/c23-14-8-6-13(7-9-14)10-18(28)25-11-16-19(21(29)26(16)20(25)22(30)31)24-17(27)12-32-15-4-2-1-3-5-15/h1-9,16,19-20H,10-12H2,(H,24,27)(H,30,31)/t16?,19-,20?/m0/s1. The van der Waals surface area contributed by atoms with Crippen LogP contribution in [0.2, 0.25) is 0 Å². The lowest BCUT2D eigenvalue weighted by Gasteiger charge is -2.43. The number of rotatable bonds is 7. The maximum absolute atomic E-state index is 12.8. The number of aliphatic carboxylic acids is 1. The van der Waals surface area contributed by atoms with Crippen LogP contribution in [0.5, 0.6) is 5.75 Å². The van der Waals surface area contributed by atoms with E-state index in [-0.39, 0.29) is 19.6 Å². The molecule has 9 nitrogen and oxygen atoms in total. The van der Waals surface area contributed by atoms with E-state index in [0.29, 0.717) is 5.75 Å². The van der Waals surface area contributed by atoms with Crippen molar-refractivity contribution in [2.75, 3.05) is 13.2 Å². The molecule has 0 spiro atoms. The molecule has 2 N–H and O–H groups in total. The molecule has 3 atom stereocenters. The first-order chi connectivity index (χ1) is 15.3. The Morgan fingerprint density at radius 3 is 2.44 bits per heavy atom. The lowest BCUT2D eigenvalue weighted by atomic mass is 9.96. The number of hydrogen-bond acceptors (Lipinski definition) is 5. The number of para-hydroxylation sites is 1. The number of β-lactam (4-membered cyclic amide) rings is 1. The molecule has 166 valence electrons. The van der Waals surface area contributed by atoms with Gasteiger partial charge in [0.25, 0.3) is 5.91 Å². The van der Waals surface area contributed by atoms with Gasteiger partial charge in [-0.15, -0.1) is 0 Å². The fourth-order valence-corrected chi connectivity index (χ4v) is 4.19. The summed E-state index contributed by atoms with van der Waals surface area (Å²) in [4.78, 5) is 51.8. The van der Waals surface area contributed by atoms with Gasteiger partial charge in [-0.05, 0) is 29.8 Å². The molecule has 3 amide bonds. The van der Waals surface area contributed by atoms with Gasteiger partial charge in [-0.2, -0.15) is 0 Å². The molecule has 2 unspecified atom stereocenters. The van der Waals surface area contributed by atoms with E-state index in [1.165, 1.54) is 4.90 Å². The Bertz CT molecular complexity index is 1050. The van der Waals surface area contributed by atoms with E-state index < -0.39 is 41.9 Å². The Morgan fingerprint density at radius 1 is 1.09 bits per heavy atom. The van der Waals surface area contributed by atoms with Gasteiger partial charge in [0.2, 0.25) is 18.0 Å². The number of carboxylic acid groups (broad SMARTS) is 1. The van der Waals surface area contributed by atoms with Crippen molar-refractivity contribution in [1.82, 2.24) is 15.1 Å². The van der Waals surface area contributed by atoms with Crippen LogP contribution < -0.4 is 10.1 Å². The molecule has 4 rings (SSSR count). The summed E-state index contributed by atoms with van der Waals surface area (Å²) in [5.41, 5.74) is 0.728. The number of amides is 3. The van der Waals surface area contributed by atoms with Gasteiger partial charge in [0, 0.05) is 11.0 Å². The average Bonchev–Trinajstić information content (AvgIpc) is 3.15. The van der Waals surface area contributed by atoms with Gasteiger partial charge in [-0.3, -0.25) is 14.4 Å². The summed E-state index contributed by atoms with van der Waals surface area (Å²) < 4.78 is 6.24. The van der Waals surface area contributed by atoms with Crippen molar-refractivity contribution in [2.45, 2.75) is 24.7 Å². The highest BCUT2D eigenvalue weighted by atomic mass is 79.9. The number of carbonyl (C=O) groups excluding carboxylic acids is 3. The van der Waals surface area contributed by atoms with Crippen molar-refractivity contribution in [3.8, 4) is 5.75 Å². The smallest absolute Gasteiger partial charge is 0.347 e. The van der Waals surface area contributed by atoms with Gasteiger partial charge in [0.1, 0.15) is 11.8 Å². The Balaban J connectivity index is 1.39. The van der Waals surface area contributed by atoms with Crippen LogP contribution >= 0.6 is 15.9 Å². The van der Waals surface area contributed by atoms with Crippen molar-refractivity contribution in [1.29, 1.82) is 0 Å². The number of halogens is 1. The first-order valence-electron chi connectivity index (χ1n) is 9.91. The minimum Gasteiger partial charge on any atom is -0.484 e. The van der Waals surface area contributed by atoms with E-state index in [2.05, 4.69) is 21.2 Å². The molecule has 10 heteroatoms. The Labute approximate surface area is 192 Å². The minimum atomic E-state index is -1.39. The van der Waals surface area contributed by atoms with Crippen LogP contribution in [0.4, 0.5) is 0 Å². The summed E-state index contributed by atoms with van der Waals surface area (Å²) in [6, 6.07) is 14.4. The fourth-order valence-electron chi connectivity index (χ4n) is 3.92. The van der Waals surface area contributed by atoms with Crippen molar-refractivity contribution >= 4 is 39.6 Å². The van der Waals surface area contributed by atoms with Crippen molar-refractivity contribution in [3.05, 3.63) is 64.6 Å². The van der Waals surface area contributed by atoms with Crippen molar-refractivity contribution in [3.63, 3.8) is 0 Å². The first-order valence-corrected chi connectivity index (χ1v) is 10.7. The fraction of sp³-hybridized carbons (Fsp3) is 0.273. The third-order valence-corrected chi connectivity index (χ3v) is 5.97. The number of carboxylic acids is 1. The summed E-state index contributed by atoms with van der Waals surface area (Å²) in [5.74, 6) is -2.21. The molecule has 32 heavy (non-hydrogen) atoms. The van der Waals surface area contributed by atoms with Gasteiger partial charge in [0.15, 0.2) is 6.61 Å². The summed E-state index contributed by atoms with van der Waals surface area (Å²) in [7, 11) is 0. The minimum absolute atomic E-state index is 0.00769. The third-order valence-electron chi connectivity index (χ3n) is 5.44. The molecule has 0 saturated carbocycles. The maximum atomic E-state index is 12.8. The van der Waals surface area contributed by atoms with Crippen LogP contribution in [-0.4, -0.2) is 70.0 Å². The zero-order valence-electron chi connectivity index (χ0n) is 16.8. The van der Waals surface area contributed by atoms with E-state index in [4.69, 9.17) is 4.74 Å². The zero-order chi connectivity index (χ0) is 22.8. The Hall–Kier alpha value is -3.40.